The Morgan fingerprint density at radius 2 is 0.688 bits per heavy atom. The van der Waals surface area contributed by atoms with Crippen LogP contribution in [0.2, 0.25) is 0 Å². The Morgan fingerprint density at radius 3 is 0.688 bits per heavy atom. The van der Waals surface area contributed by atoms with Gasteiger partial charge in [0, 0.05) is 0 Å². The van der Waals surface area contributed by atoms with Gasteiger partial charge in [-0.1, -0.05) is 0 Å². The maximum absolute atomic E-state index is 3.50. The molecule has 0 saturated heterocycles. The van der Waals surface area contributed by atoms with Crippen LogP contribution in [-0.2, 0) is 22.4 Å². The predicted octanol–water partition coefficient (Wildman–Crippen LogP) is 3.48. The first-order chi connectivity index (χ1) is 7.07. The van der Waals surface area contributed by atoms with E-state index in [2.05, 4.69) is 34.8 Å². The van der Waals surface area contributed by atoms with E-state index in [1.165, 1.54) is 6.08 Å². The second-order valence-corrected chi connectivity index (χ2v) is 2.08. The first-order valence-electron chi connectivity index (χ1n) is 4.39. The summed E-state index contributed by atoms with van der Waals surface area (Å²) in [6.07, 6.45) is 1.50. The number of hydrogen-bond acceptors (Lipinski definition) is 0. The van der Waals surface area contributed by atoms with E-state index in [0.29, 0.717) is 0 Å². The predicted molar refractivity (Wildman–Crippen MR) is 76.4 cm³/mol. The van der Waals surface area contributed by atoms with Crippen LogP contribution in [0.25, 0.3) is 21.3 Å². The summed E-state index contributed by atoms with van der Waals surface area (Å²) in [5, 5.41) is 14.0. The Bertz CT molecular complexity index is 47.2. The molecule has 0 heterocycles. The standard InChI is InChI=1S/C3H5.4C2H6N.Ta/c5*1-3-2;/h3H,1-2H2;4*1-2H3;/q5*-1;+5. The summed E-state index contributed by atoms with van der Waals surface area (Å²) in [6, 6.07) is 0. The van der Waals surface area contributed by atoms with Crippen molar-refractivity contribution < 1.29 is 22.4 Å². The van der Waals surface area contributed by atoms with Gasteiger partial charge in [-0.3, -0.25) is 0 Å². The van der Waals surface area contributed by atoms with Gasteiger partial charge in [-0.15, -0.1) is 0 Å². The molecule has 0 rings (SSSR count). The Morgan fingerprint density at radius 1 is 0.688 bits per heavy atom. The quantitative estimate of drug-likeness (QED) is 0.561. The first-order valence-corrected chi connectivity index (χ1v) is 4.39. The van der Waals surface area contributed by atoms with E-state index >= 15 is 0 Å². The normalized spacial score (nSPS) is 5.25. The van der Waals surface area contributed by atoms with E-state index in [1.807, 2.05) is 0 Å². The van der Waals surface area contributed by atoms with Crippen LogP contribution in [0.4, 0.5) is 0 Å². The molecule has 0 aliphatic carbocycles. The van der Waals surface area contributed by atoms with Crippen LogP contribution in [0.3, 0.4) is 0 Å². The summed E-state index contributed by atoms with van der Waals surface area (Å²) < 4.78 is 0. The van der Waals surface area contributed by atoms with E-state index in [4.69, 9.17) is 0 Å². The monoisotopic (exact) mass is 398 g/mol. The molecule has 0 amide bonds. The van der Waals surface area contributed by atoms with Crippen LogP contribution in [-0.4, -0.2) is 56.4 Å². The van der Waals surface area contributed by atoms with Crippen molar-refractivity contribution in [1.29, 1.82) is 0 Å². The van der Waals surface area contributed by atoms with Gasteiger partial charge in [0.05, 0.1) is 0 Å². The maximum Gasteiger partial charge on any atom is 5.00 e. The third-order valence-electron chi connectivity index (χ3n) is 0. The minimum atomic E-state index is 0. The van der Waals surface area contributed by atoms with Gasteiger partial charge in [0.1, 0.15) is 0 Å². The number of hydrogen-bond donors (Lipinski definition) is 0. The molecule has 0 saturated carbocycles. The van der Waals surface area contributed by atoms with Crippen molar-refractivity contribution >= 4 is 0 Å². The molecule has 0 unspecified atom stereocenters. The Kier molecular flexibility index (Phi) is 255. The van der Waals surface area contributed by atoms with Crippen LogP contribution in [0.1, 0.15) is 0 Å². The van der Waals surface area contributed by atoms with Crippen molar-refractivity contribution in [3.63, 3.8) is 0 Å². The third-order valence-corrected chi connectivity index (χ3v) is 0. The van der Waals surface area contributed by atoms with Gasteiger partial charge in [0.2, 0.25) is 0 Å². The zero-order valence-corrected chi connectivity index (χ0v) is 15.4. The van der Waals surface area contributed by atoms with Crippen molar-refractivity contribution in [3.8, 4) is 0 Å². The molecule has 0 atom stereocenters. The first kappa shape index (κ1) is 36.0. The van der Waals surface area contributed by atoms with E-state index in [0.717, 1.165) is 0 Å². The fourth-order valence-corrected chi connectivity index (χ4v) is 0. The molecule has 0 aliphatic heterocycles. The fourth-order valence-electron chi connectivity index (χ4n) is 0. The molecule has 0 N–H and O–H groups in total. The van der Waals surface area contributed by atoms with Gasteiger partial charge in [0.25, 0.3) is 0 Å². The molecular formula is C11H29N4Ta. The summed E-state index contributed by atoms with van der Waals surface area (Å²) in [4.78, 5) is 0. The van der Waals surface area contributed by atoms with Crippen molar-refractivity contribution in [3.05, 3.63) is 40.8 Å². The molecule has 0 aliphatic rings. The third kappa shape index (κ3) is 68200. The zero-order chi connectivity index (χ0) is 13.5. The second kappa shape index (κ2) is 114. The summed E-state index contributed by atoms with van der Waals surface area (Å²) in [7, 11) is 14.0. The second-order valence-electron chi connectivity index (χ2n) is 2.08. The topological polar surface area (TPSA) is 56.4 Å². The van der Waals surface area contributed by atoms with Crippen LogP contribution in [0, 0.1) is 6.92 Å². The van der Waals surface area contributed by atoms with Gasteiger partial charge in [-0.05, 0) is 0 Å². The zero-order valence-electron chi connectivity index (χ0n) is 12.2. The molecule has 0 fully saturated rings. The summed E-state index contributed by atoms with van der Waals surface area (Å²) in [6.45, 7) is 6.50. The summed E-state index contributed by atoms with van der Waals surface area (Å²) in [5.41, 5.74) is 0. The van der Waals surface area contributed by atoms with Crippen LogP contribution < -0.4 is 0 Å². The molecule has 16 heavy (non-hydrogen) atoms. The van der Waals surface area contributed by atoms with Crippen molar-refractivity contribution in [1.82, 2.24) is 0 Å². The Hall–Kier alpha value is 0.190. The van der Waals surface area contributed by atoms with Crippen LogP contribution in [0.5, 0.6) is 0 Å². The molecule has 0 radical (unpaired) electrons. The summed E-state index contributed by atoms with van der Waals surface area (Å²) in [5.74, 6) is 0. The Labute approximate surface area is 120 Å². The van der Waals surface area contributed by atoms with Gasteiger partial charge in [-0.2, -0.15) is 56.4 Å². The van der Waals surface area contributed by atoms with Gasteiger partial charge >= 0.3 is 22.4 Å². The van der Waals surface area contributed by atoms with Crippen LogP contribution >= 0.6 is 0 Å². The fraction of sp³-hybridized carbons (Fsp3) is 0.727. The van der Waals surface area contributed by atoms with E-state index in [1.54, 1.807) is 56.4 Å². The van der Waals surface area contributed by atoms with Gasteiger partial charge < -0.3 is 21.3 Å². The molecule has 5 heteroatoms. The molecule has 0 aromatic carbocycles. The number of nitrogens with zero attached hydrogens (tertiary/aromatic N) is 4. The Balaban J connectivity index is -0.0000000192. The average molecular weight is 398 g/mol. The molecule has 0 spiro atoms. The molecular weight excluding hydrogens is 369 g/mol. The average Bonchev–Trinajstić information content (AvgIpc) is 2.09. The minimum absolute atomic E-state index is 0. The smallest absolute Gasteiger partial charge is 0.668 e. The van der Waals surface area contributed by atoms with E-state index in [9.17, 15) is 0 Å². The minimum Gasteiger partial charge on any atom is -0.668 e. The van der Waals surface area contributed by atoms with Crippen LogP contribution in [0.15, 0.2) is 12.7 Å². The largest absolute Gasteiger partial charge is 5.00 e. The maximum atomic E-state index is 3.50. The van der Waals surface area contributed by atoms with E-state index < -0.39 is 0 Å². The van der Waals surface area contributed by atoms with E-state index in [-0.39, 0.29) is 22.4 Å². The number of allylic oxidation sites excluding steroid dienone is 1. The molecule has 0 aromatic rings. The van der Waals surface area contributed by atoms with Crippen molar-refractivity contribution in [2.75, 3.05) is 56.4 Å². The molecule has 0 bridgehead atoms. The SMILES string of the molecule is C=C[CH2-].C[N-]C.C[N-]C.C[N-]C.C[N-]C.[Ta+5]. The molecule has 0 aromatic heterocycles. The van der Waals surface area contributed by atoms with Crippen molar-refractivity contribution in [2.24, 2.45) is 0 Å². The molecule has 98 valence electrons. The number of rotatable bonds is 0. The summed E-state index contributed by atoms with van der Waals surface area (Å²) >= 11 is 0. The van der Waals surface area contributed by atoms with Gasteiger partial charge in [-0.25, -0.2) is 19.6 Å². The van der Waals surface area contributed by atoms with Gasteiger partial charge in [0.15, 0.2) is 0 Å². The van der Waals surface area contributed by atoms with Crippen molar-refractivity contribution in [2.45, 2.75) is 0 Å². The molecule has 4 nitrogen and oxygen atoms in total.